The van der Waals surface area contributed by atoms with Crippen LogP contribution in [0.3, 0.4) is 0 Å². The van der Waals surface area contributed by atoms with Crippen LogP contribution < -0.4 is 10.1 Å². The molecule has 2 rings (SSSR count). The van der Waals surface area contributed by atoms with Gasteiger partial charge < -0.3 is 14.8 Å². The van der Waals surface area contributed by atoms with E-state index >= 15 is 0 Å². The summed E-state index contributed by atoms with van der Waals surface area (Å²) in [5.74, 6) is 0.913. The van der Waals surface area contributed by atoms with Crippen molar-refractivity contribution in [1.29, 1.82) is 0 Å². The molecule has 0 amide bonds. The highest BCUT2D eigenvalue weighted by Crippen LogP contribution is 2.24. The topological polar surface area (TPSA) is 30.5 Å². The highest BCUT2D eigenvalue weighted by atomic mass is 79.9. The number of ether oxygens (including phenoxy) is 2. The number of methoxy groups -OCH3 is 1. The van der Waals surface area contributed by atoms with Crippen LogP contribution in [0.4, 0.5) is 0 Å². The van der Waals surface area contributed by atoms with E-state index < -0.39 is 0 Å². The van der Waals surface area contributed by atoms with Gasteiger partial charge in [-0.3, -0.25) is 0 Å². The third kappa shape index (κ3) is 5.13. The van der Waals surface area contributed by atoms with Gasteiger partial charge in [0, 0.05) is 30.2 Å². The Balaban J connectivity index is 2.01. The molecule has 0 spiro atoms. The molecule has 0 fully saturated rings. The minimum Gasteiger partial charge on any atom is -0.489 e. The maximum atomic E-state index is 6.02. The summed E-state index contributed by atoms with van der Waals surface area (Å²) in [5, 5.41) is 3.35. The van der Waals surface area contributed by atoms with Gasteiger partial charge in [-0.2, -0.15) is 0 Å². The molecule has 0 heterocycles. The Bertz CT molecular complexity index is 601. The van der Waals surface area contributed by atoms with Crippen LogP contribution in [-0.4, -0.2) is 20.3 Å². The van der Waals surface area contributed by atoms with Gasteiger partial charge in [0.1, 0.15) is 12.4 Å². The van der Waals surface area contributed by atoms with Gasteiger partial charge in [0.15, 0.2) is 0 Å². The monoisotopic (exact) mass is 363 g/mol. The third-order valence-electron chi connectivity index (χ3n) is 3.47. The van der Waals surface area contributed by atoms with Crippen LogP contribution in [0.2, 0.25) is 0 Å². The predicted molar refractivity (Wildman–Crippen MR) is 93.2 cm³/mol. The van der Waals surface area contributed by atoms with Gasteiger partial charge in [-0.15, -0.1) is 0 Å². The first-order chi connectivity index (χ1) is 10.7. The van der Waals surface area contributed by atoms with E-state index in [4.69, 9.17) is 9.47 Å². The average molecular weight is 364 g/mol. The van der Waals surface area contributed by atoms with Crippen molar-refractivity contribution < 1.29 is 9.47 Å². The van der Waals surface area contributed by atoms with Crippen LogP contribution in [0.25, 0.3) is 0 Å². The van der Waals surface area contributed by atoms with Gasteiger partial charge in [-0.1, -0.05) is 40.2 Å². The molecule has 0 unspecified atom stereocenters. The van der Waals surface area contributed by atoms with E-state index in [2.05, 4.69) is 46.4 Å². The third-order valence-corrected chi connectivity index (χ3v) is 3.96. The normalized spacial score (nSPS) is 10.7. The molecule has 1 N–H and O–H groups in total. The standard InChI is InChI=1S/C18H22BrNO2/c1-14-5-3-4-6-15(14)13-22-18-8-7-17(19)11-16(18)12-20-9-10-21-2/h3-8,11,20H,9-10,12-13H2,1-2H3. The predicted octanol–water partition coefficient (Wildman–Crippen LogP) is 4.07. The van der Waals surface area contributed by atoms with Crippen LogP contribution in [-0.2, 0) is 17.9 Å². The molecule has 118 valence electrons. The molecule has 0 saturated heterocycles. The van der Waals surface area contributed by atoms with Crippen molar-refractivity contribution >= 4 is 15.9 Å². The minimum absolute atomic E-state index is 0.583. The lowest BCUT2D eigenvalue weighted by molar-refractivity contribution is 0.199. The Morgan fingerprint density at radius 2 is 1.91 bits per heavy atom. The van der Waals surface area contributed by atoms with Gasteiger partial charge in [0.05, 0.1) is 6.61 Å². The van der Waals surface area contributed by atoms with Crippen LogP contribution in [0.15, 0.2) is 46.9 Å². The van der Waals surface area contributed by atoms with Gasteiger partial charge in [-0.05, 0) is 36.2 Å². The maximum absolute atomic E-state index is 6.02. The molecule has 0 atom stereocenters. The average Bonchev–Trinajstić information content (AvgIpc) is 2.52. The van der Waals surface area contributed by atoms with Crippen molar-refractivity contribution in [2.75, 3.05) is 20.3 Å². The fourth-order valence-corrected chi connectivity index (χ4v) is 2.56. The van der Waals surface area contributed by atoms with Crippen molar-refractivity contribution in [3.05, 3.63) is 63.6 Å². The molecule has 2 aromatic rings. The summed E-state index contributed by atoms with van der Waals surface area (Å²) >= 11 is 3.52. The zero-order valence-electron chi connectivity index (χ0n) is 13.1. The number of rotatable bonds is 8. The number of hydrogen-bond donors (Lipinski definition) is 1. The molecular weight excluding hydrogens is 342 g/mol. The van der Waals surface area contributed by atoms with E-state index in [1.54, 1.807) is 7.11 Å². The highest BCUT2D eigenvalue weighted by Gasteiger charge is 2.06. The van der Waals surface area contributed by atoms with Crippen molar-refractivity contribution in [2.24, 2.45) is 0 Å². The molecule has 0 aliphatic carbocycles. The highest BCUT2D eigenvalue weighted by molar-refractivity contribution is 9.10. The second-order valence-corrected chi connectivity index (χ2v) is 6.05. The molecule has 2 aromatic carbocycles. The van der Waals surface area contributed by atoms with Gasteiger partial charge in [0.2, 0.25) is 0 Å². The minimum atomic E-state index is 0.583. The van der Waals surface area contributed by atoms with E-state index in [0.29, 0.717) is 13.2 Å². The molecule has 0 radical (unpaired) electrons. The van der Waals surface area contributed by atoms with Gasteiger partial charge >= 0.3 is 0 Å². The van der Waals surface area contributed by atoms with E-state index in [9.17, 15) is 0 Å². The van der Waals surface area contributed by atoms with Crippen LogP contribution >= 0.6 is 15.9 Å². The summed E-state index contributed by atoms with van der Waals surface area (Å²) in [5.41, 5.74) is 3.60. The van der Waals surface area contributed by atoms with Crippen molar-refractivity contribution in [2.45, 2.75) is 20.1 Å². The Morgan fingerprint density at radius 3 is 2.68 bits per heavy atom. The molecule has 0 aromatic heterocycles. The van der Waals surface area contributed by atoms with Gasteiger partial charge in [0.25, 0.3) is 0 Å². The number of nitrogens with one attached hydrogen (secondary N) is 1. The summed E-state index contributed by atoms with van der Waals surface area (Å²) in [6.45, 7) is 4.96. The Hall–Kier alpha value is -1.36. The molecule has 0 aliphatic heterocycles. The first kappa shape index (κ1) is 17.0. The van der Waals surface area contributed by atoms with Crippen molar-refractivity contribution in [3.63, 3.8) is 0 Å². The largest absolute Gasteiger partial charge is 0.489 e. The van der Waals surface area contributed by atoms with Crippen molar-refractivity contribution in [3.8, 4) is 5.75 Å². The fourth-order valence-electron chi connectivity index (χ4n) is 2.15. The van der Waals surface area contributed by atoms with Crippen molar-refractivity contribution in [1.82, 2.24) is 5.32 Å². The zero-order chi connectivity index (χ0) is 15.8. The second-order valence-electron chi connectivity index (χ2n) is 5.14. The van der Waals surface area contributed by atoms with Crippen LogP contribution in [0.5, 0.6) is 5.75 Å². The lowest BCUT2D eigenvalue weighted by atomic mass is 10.1. The van der Waals surface area contributed by atoms with E-state index in [0.717, 1.165) is 28.9 Å². The molecule has 3 nitrogen and oxygen atoms in total. The van der Waals surface area contributed by atoms with E-state index in [-0.39, 0.29) is 0 Å². The first-order valence-electron chi connectivity index (χ1n) is 7.36. The smallest absolute Gasteiger partial charge is 0.124 e. The van der Waals surface area contributed by atoms with E-state index in [1.165, 1.54) is 11.1 Å². The fraction of sp³-hybridized carbons (Fsp3) is 0.333. The summed E-state index contributed by atoms with van der Waals surface area (Å²) in [6, 6.07) is 14.4. The number of hydrogen-bond acceptors (Lipinski definition) is 3. The molecule has 22 heavy (non-hydrogen) atoms. The zero-order valence-corrected chi connectivity index (χ0v) is 14.7. The van der Waals surface area contributed by atoms with Crippen LogP contribution in [0.1, 0.15) is 16.7 Å². The first-order valence-corrected chi connectivity index (χ1v) is 8.15. The second kappa shape index (κ2) is 8.93. The SMILES string of the molecule is COCCNCc1cc(Br)ccc1OCc1ccccc1C. The molecule has 4 heteroatoms. The number of halogens is 1. The molecular formula is C18H22BrNO2. The molecule has 0 saturated carbocycles. The lowest BCUT2D eigenvalue weighted by Crippen LogP contribution is -2.19. The Labute approximate surface area is 140 Å². The van der Waals surface area contributed by atoms with Crippen LogP contribution in [0, 0.1) is 6.92 Å². The maximum Gasteiger partial charge on any atom is 0.124 e. The van der Waals surface area contributed by atoms with Gasteiger partial charge in [-0.25, -0.2) is 0 Å². The lowest BCUT2D eigenvalue weighted by Gasteiger charge is -2.14. The molecule has 0 bridgehead atoms. The molecule has 0 aliphatic rings. The van der Waals surface area contributed by atoms with E-state index in [1.807, 2.05) is 24.3 Å². The summed E-state index contributed by atoms with van der Waals surface area (Å²) in [4.78, 5) is 0. The Morgan fingerprint density at radius 1 is 1.09 bits per heavy atom. The number of aryl methyl sites for hydroxylation is 1. The number of benzene rings is 2. The Kier molecular flexibility index (Phi) is 6.90. The quantitative estimate of drug-likeness (QED) is 0.717. The summed E-state index contributed by atoms with van der Waals surface area (Å²) in [7, 11) is 1.71. The summed E-state index contributed by atoms with van der Waals surface area (Å²) in [6.07, 6.45) is 0. The summed E-state index contributed by atoms with van der Waals surface area (Å²) < 4.78 is 12.1.